The van der Waals surface area contributed by atoms with Gasteiger partial charge in [0.25, 0.3) is 0 Å². The van der Waals surface area contributed by atoms with Crippen LogP contribution in [0.4, 0.5) is 5.69 Å². The van der Waals surface area contributed by atoms with Crippen molar-refractivity contribution in [3.05, 3.63) is 22.8 Å². The average molecular weight is 325 g/mol. The Morgan fingerprint density at radius 1 is 1.36 bits per heavy atom. The zero-order valence-electron chi connectivity index (χ0n) is 13.9. The van der Waals surface area contributed by atoms with Gasteiger partial charge in [-0.25, -0.2) is 0 Å². The minimum Gasteiger partial charge on any atom is -0.485 e. The SMILES string of the molecule is CC[C@@H]1c2cc(C)c3c(c2O[C@@]1(C)CN)C(C)(C)C(=O)N3.Cl. The number of aryl methyl sites for hydroxylation is 1. The number of nitrogens with one attached hydrogen (secondary N) is 1. The largest absolute Gasteiger partial charge is 0.485 e. The Morgan fingerprint density at radius 3 is 2.55 bits per heavy atom. The lowest BCUT2D eigenvalue weighted by Crippen LogP contribution is -2.42. The summed E-state index contributed by atoms with van der Waals surface area (Å²) in [7, 11) is 0. The van der Waals surface area contributed by atoms with Gasteiger partial charge in [-0.15, -0.1) is 12.4 Å². The molecule has 1 amide bonds. The summed E-state index contributed by atoms with van der Waals surface area (Å²) in [5.41, 5.74) is 9.25. The number of anilines is 1. The number of benzene rings is 1. The molecule has 3 rings (SSSR count). The molecule has 122 valence electrons. The van der Waals surface area contributed by atoms with E-state index >= 15 is 0 Å². The van der Waals surface area contributed by atoms with Crippen LogP contribution in [0.2, 0.25) is 0 Å². The molecule has 0 aromatic heterocycles. The van der Waals surface area contributed by atoms with E-state index in [4.69, 9.17) is 10.5 Å². The molecule has 1 aromatic carbocycles. The maximum atomic E-state index is 12.3. The molecule has 0 bridgehead atoms. The Balaban J connectivity index is 0.00000176. The number of hydrogen-bond donors (Lipinski definition) is 2. The highest BCUT2D eigenvalue weighted by Crippen LogP contribution is 2.55. The highest BCUT2D eigenvalue weighted by molar-refractivity contribution is 6.07. The molecule has 5 heteroatoms. The van der Waals surface area contributed by atoms with E-state index in [1.165, 1.54) is 5.56 Å². The van der Waals surface area contributed by atoms with E-state index in [1.807, 2.05) is 20.8 Å². The van der Waals surface area contributed by atoms with Crippen molar-refractivity contribution in [1.82, 2.24) is 0 Å². The molecule has 0 aliphatic carbocycles. The van der Waals surface area contributed by atoms with Crippen LogP contribution < -0.4 is 15.8 Å². The van der Waals surface area contributed by atoms with Crippen LogP contribution >= 0.6 is 12.4 Å². The number of rotatable bonds is 2. The zero-order valence-corrected chi connectivity index (χ0v) is 14.7. The van der Waals surface area contributed by atoms with E-state index in [1.54, 1.807) is 0 Å². The summed E-state index contributed by atoms with van der Waals surface area (Å²) in [6.07, 6.45) is 0.973. The van der Waals surface area contributed by atoms with E-state index in [9.17, 15) is 4.79 Å². The van der Waals surface area contributed by atoms with E-state index in [-0.39, 0.29) is 29.8 Å². The van der Waals surface area contributed by atoms with Crippen LogP contribution in [0.5, 0.6) is 5.75 Å². The number of amides is 1. The second-order valence-electron chi connectivity index (χ2n) is 7.02. The first-order valence-corrected chi connectivity index (χ1v) is 7.64. The lowest BCUT2D eigenvalue weighted by atomic mass is 9.79. The fraction of sp³-hybridized carbons (Fsp3) is 0.588. The Hall–Kier alpha value is -1.26. The lowest BCUT2D eigenvalue weighted by molar-refractivity contribution is -0.119. The van der Waals surface area contributed by atoms with Crippen molar-refractivity contribution in [3.63, 3.8) is 0 Å². The van der Waals surface area contributed by atoms with Gasteiger partial charge in [-0.3, -0.25) is 4.79 Å². The molecule has 2 atom stereocenters. The fourth-order valence-corrected chi connectivity index (χ4v) is 3.80. The molecule has 0 radical (unpaired) electrons. The quantitative estimate of drug-likeness (QED) is 0.877. The lowest BCUT2D eigenvalue weighted by Gasteiger charge is -2.29. The Labute approximate surface area is 138 Å². The maximum Gasteiger partial charge on any atom is 0.234 e. The van der Waals surface area contributed by atoms with Crippen molar-refractivity contribution < 1.29 is 9.53 Å². The van der Waals surface area contributed by atoms with Crippen molar-refractivity contribution in [1.29, 1.82) is 0 Å². The predicted molar refractivity (Wildman–Crippen MR) is 91.2 cm³/mol. The fourth-order valence-electron chi connectivity index (χ4n) is 3.80. The molecule has 0 fully saturated rings. The summed E-state index contributed by atoms with van der Waals surface area (Å²) in [6.45, 7) is 10.7. The molecule has 2 aliphatic rings. The highest BCUT2D eigenvalue weighted by Gasteiger charge is 2.50. The second kappa shape index (κ2) is 5.14. The van der Waals surface area contributed by atoms with E-state index in [0.717, 1.165) is 29.0 Å². The Morgan fingerprint density at radius 2 is 2.00 bits per heavy atom. The number of carbonyl (C=O) groups excluding carboxylic acids is 1. The summed E-state index contributed by atoms with van der Waals surface area (Å²) in [4.78, 5) is 12.3. The molecular weight excluding hydrogens is 300 g/mol. The van der Waals surface area contributed by atoms with Crippen molar-refractivity contribution >= 4 is 24.0 Å². The molecule has 1 aromatic rings. The van der Waals surface area contributed by atoms with Gasteiger partial charge in [-0.05, 0) is 45.7 Å². The molecule has 0 unspecified atom stereocenters. The van der Waals surface area contributed by atoms with Crippen LogP contribution in [-0.2, 0) is 10.2 Å². The van der Waals surface area contributed by atoms with Crippen LogP contribution in [0.15, 0.2) is 6.07 Å². The van der Waals surface area contributed by atoms with Gasteiger partial charge in [0, 0.05) is 23.6 Å². The molecule has 2 aliphatic heterocycles. The summed E-state index contributed by atoms with van der Waals surface area (Å²) >= 11 is 0. The third-order valence-electron chi connectivity index (χ3n) is 5.20. The number of fused-ring (bicyclic) bond motifs is 3. The van der Waals surface area contributed by atoms with Crippen LogP contribution in [0.25, 0.3) is 0 Å². The van der Waals surface area contributed by atoms with Crippen LogP contribution in [0, 0.1) is 6.92 Å². The zero-order chi connectivity index (χ0) is 15.6. The third kappa shape index (κ3) is 1.97. The number of ether oxygens (including phenoxy) is 1. The van der Waals surface area contributed by atoms with E-state index in [0.29, 0.717) is 6.54 Å². The molecular formula is C17H25ClN2O2. The maximum absolute atomic E-state index is 12.3. The van der Waals surface area contributed by atoms with Gasteiger partial charge in [0.2, 0.25) is 5.91 Å². The molecule has 0 spiro atoms. The molecule has 4 nitrogen and oxygen atoms in total. The van der Waals surface area contributed by atoms with Crippen molar-refractivity contribution in [2.75, 3.05) is 11.9 Å². The number of hydrogen-bond acceptors (Lipinski definition) is 3. The van der Waals surface area contributed by atoms with Gasteiger partial charge in [0.1, 0.15) is 11.4 Å². The molecule has 2 heterocycles. The van der Waals surface area contributed by atoms with E-state index < -0.39 is 5.41 Å². The Kier molecular flexibility index (Phi) is 3.99. The normalized spacial score (nSPS) is 27.5. The number of halogens is 1. The minimum absolute atomic E-state index is 0. The molecule has 0 saturated carbocycles. The molecule has 22 heavy (non-hydrogen) atoms. The average Bonchev–Trinajstić information content (AvgIpc) is 2.83. The van der Waals surface area contributed by atoms with Gasteiger partial charge >= 0.3 is 0 Å². The second-order valence-corrected chi connectivity index (χ2v) is 7.02. The monoisotopic (exact) mass is 324 g/mol. The standard InChI is InChI=1S/C17H24N2O2.ClH/c1-6-11-10-7-9(2)13-12(16(3,4)15(20)19-13)14(10)21-17(11,5)8-18;/h7,11H,6,8,18H2,1-5H3,(H,19,20);1H/t11-,17+;/m1./s1. The Bertz CT molecular complexity index is 642. The van der Waals surface area contributed by atoms with Crippen molar-refractivity contribution in [3.8, 4) is 5.75 Å². The summed E-state index contributed by atoms with van der Waals surface area (Å²) in [5.74, 6) is 1.18. The van der Waals surface area contributed by atoms with Crippen LogP contribution in [0.1, 0.15) is 56.7 Å². The smallest absolute Gasteiger partial charge is 0.234 e. The highest BCUT2D eigenvalue weighted by atomic mass is 35.5. The van der Waals surface area contributed by atoms with Gasteiger partial charge < -0.3 is 15.8 Å². The number of carbonyl (C=O) groups is 1. The first-order valence-electron chi connectivity index (χ1n) is 7.64. The van der Waals surface area contributed by atoms with Gasteiger partial charge in [0.05, 0.1) is 11.1 Å². The summed E-state index contributed by atoms with van der Waals surface area (Å²) < 4.78 is 6.31. The number of nitrogens with two attached hydrogens (primary N) is 1. The summed E-state index contributed by atoms with van der Waals surface area (Å²) in [5, 5.41) is 3.01. The van der Waals surface area contributed by atoms with Gasteiger partial charge in [0.15, 0.2) is 0 Å². The summed E-state index contributed by atoms with van der Waals surface area (Å²) in [6, 6.07) is 2.16. The van der Waals surface area contributed by atoms with Crippen molar-refractivity contribution in [2.45, 2.75) is 58.0 Å². The minimum atomic E-state index is -0.566. The predicted octanol–water partition coefficient (Wildman–Crippen LogP) is 3.25. The topological polar surface area (TPSA) is 64.3 Å². The molecule has 0 saturated heterocycles. The van der Waals surface area contributed by atoms with Crippen molar-refractivity contribution in [2.24, 2.45) is 5.73 Å². The first kappa shape index (κ1) is 17.1. The van der Waals surface area contributed by atoms with Crippen LogP contribution in [-0.4, -0.2) is 18.1 Å². The third-order valence-corrected chi connectivity index (χ3v) is 5.20. The van der Waals surface area contributed by atoms with Crippen LogP contribution in [0.3, 0.4) is 0 Å². The van der Waals surface area contributed by atoms with Gasteiger partial charge in [-0.1, -0.05) is 6.92 Å². The van der Waals surface area contributed by atoms with E-state index in [2.05, 4.69) is 25.2 Å². The first-order chi connectivity index (χ1) is 9.76. The van der Waals surface area contributed by atoms with Gasteiger partial charge in [-0.2, -0.15) is 0 Å². The molecule has 3 N–H and O–H groups in total.